The molecule has 4 N–H and O–H groups in total. The fraction of sp³-hybridized carbons (Fsp3) is 0.929. The summed E-state index contributed by atoms with van der Waals surface area (Å²) in [6.07, 6.45) is -5.06. The molecule has 0 radical (unpaired) electrons. The number of amides is 1. The van der Waals surface area contributed by atoms with Crippen molar-refractivity contribution in [3.8, 4) is 0 Å². The van der Waals surface area contributed by atoms with Gasteiger partial charge in [-0.1, -0.05) is 0 Å². The molecule has 23 heavy (non-hydrogen) atoms. The lowest BCUT2D eigenvalue weighted by Crippen LogP contribution is -2.71. The van der Waals surface area contributed by atoms with E-state index >= 15 is 0 Å². The lowest BCUT2D eigenvalue weighted by atomic mass is 9.85. The minimum atomic E-state index is -1.81. The van der Waals surface area contributed by atoms with Crippen molar-refractivity contribution in [1.82, 2.24) is 4.90 Å². The third kappa shape index (κ3) is 2.71. The van der Waals surface area contributed by atoms with Gasteiger partial charge in [0, 0.05) is 20.1 Å². The Kier molecular flexibility index (Phi) is 4.51. The average molecular weight is 333 g/mol. The zero-order chi connectivity index (χ0) is 16.8. The molecule has 0 aliphatic carbocycles. The Hall–Kier alpha value is -0.970. The normalized spacial score (nSPS) is 47.9. The maximum absolute atomic E-state index is 12.2. The van der Waals surface area contributed by atoms with Gasteiger partial charge < -0.3 is 39.5 Å². The largest absolute Gasteiger partial charge is 0.414 e. The van der Waals surface area contributed by atoms with Crippen LogP contribution in [-0.4, -0.2) is 94.0 Å². The van der Waals surface area contributed by atoms with Crippen LogP contribution in [0.25, 0.3) is 0 Å². The molecule has 3 fully saturated rings. The average Bonchev–Trinajstić information content (AvgIpc) is 3.07. The Balaban J connectivity index is 1.88. The highest BCUT2D eigenvalue weighted by Crippen LogP contribution is 2.40. The Morgan fingerprint density at radius 2 is 2.04 bits per heavy atom. The molecule has 1 amide bonds. The van der Waals surface area contributed by atoms with Gasteiger partial charge in [-0.15, -0.1) is 0 Å². The van der Waals surface area contributed by atoms with Crippen molar-refractivity contribution in [3.05, 3.63) is 0 Å². The van der Waals surface area contributed by atoms with E-state index in [1.807, 2.05) is 0 Å². The topological polar surface area (TPSA) is 129 Å². The van der Waals surface area contributed by atoms with E-state index in [4.69, 9.17) is 14.2 Å². The van der Waals surface area contributed by atoms with Crippen molar-refractivity contribution in [3.63, 3.8) is 0 Å². The zero-order valence-electron chi connectivity index (χ0n) is 12.9. The number of likely N-dealkylation sites (N-methyl/N-ethyl adjacent to an activating group) is 1. The van der Waals surface area contributed by atoms with E-state index in [0.717, 1.165) is 12.8 Å². The van der Waals surface area contributed by atoms with E-state index < -0.39 is 48.9 Å². The van der Waals surface area contributed by atoms with Crippen molar-refractivity contribution in [2.24, 2.45) is 0 Å². The number of nitrogens with zero attached hydrogens (tertiary/aromatic N) is 1. The molecule has 9 heteroatoms. The number of carbonyl (C=O) groups is 1. The first-order chi connectivity index (χ1) is 10.9. The van der Waals surface area contributed by atoms with Crippen LogP contribution in [0, 0.1) is 0 Å². The third-order valence-corrected chi connectivity index (χ3v) is 4.97. The number of hydrogen-bond donors (Lipinski definition) is 4. The van der Waals surface area contributed by atoms with E-state index in [0.29, 0.717) is 6.61 Å². The minimum absolute atomic E-state index is 0.0708. The van der Waals surface area contributed by atoms with Crippen LogP contribution in [0.4, 0.5) is 4.79 Å². The number of hydrogen-bond acceptors (Lipinski definition) is 8. The van der Waals surface area contributed by atoms with Crippen molar-refractivity contribution in [2.45, 2.75) is 61.6 Å². The Morgan fingerprint density at radius 1 is 1.30 bits per heavy atom. The van der Waals surface area contributed by atoms with Crippen molar-refractivity contribution in [1.29, 1.82) is 0 Å². The summed E-state index contributed by atoms with van der Waals surface area (Å²) in [6.45, 7) is 0.0196. The molecular weight excluding hydrogens is 310 g/mol. The molecule has 0 saturated carbocycles. The van der Waals surface area contributed by atoms with Gasteiger partial charge in [-0.2, -0.15) is 0 Å². The second-order valence-electron chi connectivity index (χ2n) is 6.38. The van der Waals surface area contributed by atoms with E-state index in [1.165, 1.54) is 4.90 Å². The minimum Gasteiger partial charge on any atom is -0.414 e. The smallest absolute Gasteiger partial charge is 0.412 e. The highest BCUT2D eigenvalue weighted by molar-refractivity contribution is 5.69. The molecule has 0 bridgehead atoms. The molecule has 0 aromatic heterocycles. The molecule has 7 atom stereocenters. The summed E-state index contributed by atoms with van der Waals surface area (Å²) in [5.74, 6) is -1.81. The van der Waals surface area contributed by atoms with Gasteiger partial charge in [0.25, 0.3) is 0 Å². The molecule has 0 aromatic carbocycles. The van der Waals surface area contributed by atoms with Gasteiger partial charge in [-0.3, -0.25) is 0 Å². The first-order valence-corrected chi connectivity index (χ1v) is 7.80. The molecule has 3 aliphatic heterocycles. The van der Waals surface area contributed by atoms with E-state index in [2.05, 4.69) is 0 Å². The van der Waals surface area contributed by atoms with Crippen LogP contribution < -0.4 is 0 Å². The molecular formula is C14H23NO8. The number of aliphatic hydroxyl groups is 4. The zero-order valence-corrected chi connectivity index (χ0v) is 12.9. The second kappa shape index (κ2) is 6.15. The molecule has 3 aliphatic rings. The fourth-order valence-electron chi connectivity index (χ4n) is 3.57. The first-order valence-electron chi connectivity index (χ1n) is 7.80. The molecule has 0 unspecified atom stereocenters. The Morgan fingerprint density at radius 3 is 2.65 bits per heavy atom. The first kappa shape index (κ1) is 16.9. The lowest BCUT2D eigenvalue weighted by molar-refractivity contribution is -0.361. The van der Waals surface area contributed by atoms with E-state index in [1.54, 1.807) is 7.05 Å². The predicted octanol–water partition coefficient (Wildman–Crippen LogP) is -1.82. The summed E-state index contributed by atoms with van der Waals surface area (Å²) in [5, 5.41) is 39.6. The van der Waals surface area contributed by atoms with Crippen molar-refractivity contribution < 1.29 is 39.4 Å². The summed E-state index contributed by atoms with van der Waals surface area (Å²) < 4.78 is 16.4. The number of ether oxygens (including phenoxy) is 3. The number of aliphatic hydroxyl groups excluding tert-OH is 4. The van der Waals surface area contributed by atoms with Crippen molar-refractivity contribution in [2.75, 3.05) is 20.3 Å². The maximum Gasteiger partial charge on any atom is 0.412 e. The molecule has 132 valence electrons. The SMILES string of the molecule is CN1C(=O)O[C@]2(C[C@H]1[C@@H]1CCCO1)O[C@H](CO)[C@@H](O)[C@H](O)[C@H]2O. The van der Waals surface area contributed by atoms with Gasteiger partial charge in [-0.25, -0.2) is 4.79 Å². The molecule has 3 saturated heterocycles. The number of rotatable bonds is 2. The van der Waals surface area contributed by atoms with Gasteiger partial charge in [0.05, 0.1) is 18.8 Å². The summed E-state index contributed by atoms with van der Waals surface area (Å²) in [7, 11) is 1.57. The van der Waals surface area contributed by atoms with E-state index in [-0.39, 0.29) is 12.5 Å². The van der Waals surface area contributed by atoms with Gasteiger partial charge in [0.15, 0.2) is 0 Å². The highest BCUT2D eigenvalue weighted by atomic mass is 16.7. The Bertz CT molecular complexity index is 454. The fourth-order valence-corrected chi connectivity index (χ4v) is 3.57. The second-order valence-corrected chi connectivity index (χ2v) is 6.38. The quantitative estimate of drug-likeness (QED) is 0.465. The summed E-state index contributed by atoms with van der Waals surface area (Å²) >= 11 is 0. The van der Waals surface area contributed by atoms with Crippen LogP contribution in [0.1, 0.15) is 19.3 Å². The summed E-state index contributed by atoms with van der Waals surface area (Å²) in [4.78, 5) is 13.6. The molecule has 9 nitrogen and oxygen atoms in total. The van der Waals surface area contributed by atoms with Crippen LogP contribution in [0.3, 0.4) is 0 Å². The molecule has 3 rings (SSSR count). The Labute approximate surface area is 133 Å². The molecule has 3 heterocycles. The van der Waals surface area contributed by atoms with Crippen LogP contribution in [0.15, 0.2) is 0 Å². The number of carbonyl (C=O) groups excluding carboxylic acids is 1. The van der Waals surface area contributed by atoms with Crippen molar-refractivity contribution >= 4 is 6.09 Å². The lowest BCUT2D eigenvalue weighted by Gasteiger charge is -2.52. The standard InChI is InChI=1S/C14H23NO8/c1-15-7(8-3-2-4-21-8)5-14(23-13(15)20)12(19)11(18)10(17)9(6-16)22-14/h7-12,16-19H,2-6H2,1H3/t7-,8-,9+,10+,11-,12+,14-/m0/s1. The van der Waals surface area contributed by atoms with Gasteiger partial charge in [0.1, 0.15) is 24.4 Å². The van der Waals surface area contributed by atoms with Crippen LogP contribution in [0.5, 0.6) is 0 Å². The predicted molar refractivity (Wildman–Crippen MR) is 74.3 cm³/mol. The van der Waals surface area contributed by atoms with Gasteiger partial charge in [-0.05, 0) is 12.8 Å². The molecule has 1 spiro atoms. The summed E-state index contributed by atoms with van der Waals surface area (Å²) in [6, 6.07) is -0.393. The maximum atomic E-state index is 12.2. The monoisotopic (exact) mass is 333 g/mol. The van der Waals surface area contributed by atoms with Crippen LogP contribution >= 0.6 is 0 Å². The van der Waals surface area contributed by atoms with Gasteiger partial charge >= 0.3 is 6.09 Å². The third-order valence-electron chi connectivity index (χ3n) is 4.97. The highest BCUT2D eigenvalue weighted by Gasteiger charge is 2.60. The van der Waals surface area contributed by atoms with Gasteiger partial charge in [0.2, 0.25) is 5.79 Å². The molecule has 0 aromatic rings. The van der Waals surface area contributed by atoms with Crippen LogP contribution in [0.2, 0.25) is 0 Å². The summed E-state index contributed by atoms with van der Waals surface area (Å²) in [5.41, 5.74) is 0. The van der Waals surface area contributed by atoms with Crippen LogP contribution in [-0.2, 0) is 14.2 Å². The van der Waals surface area contributed by atoms with E-state index in [9.17, 15) is 25.2 Å².